The minimum absolute atomic E-state index is 0.0374. The van der Waals surface area contributed by atoms with Gasteiger partial charge in [0, 0.05) is 10.9 Å². The summed E-state index contributed by atoms with van der Waals surface area (Å²) in [6.45, 7) is 0.388. The first kappa shape index (κ1) is 14.2. The second-order valence-electron chi connectivity index (χ2n) is 3.85. The zero-order valence-corrected chi connectivity index (χ0v) is 11.5. The van der Waals surface area contributed by atoms with Crippen LogP contribution in [0, 0.1) is 11.3 Å². The van der Waals surface area contributed by atoms with Crippen LogP contribution in [0.4, 0.5) is 8.78 Å². The predicted octanol–water partition coefficient (Wildman–Crippen LogP) is 3.79. The second kappa shape index (κ2) is 5.43. The Kier molecular flexibility index (Phi) is 3.86. The molecule has 0 radical (unpaired) electrons. The Morgan fingerprint density at radius 3 is 2.75 bits per heavy atom. The van der Waals surface area contributed by atoms with Crippen LogP contribution in [-0.4, -0.2) is 17.4 Å². The summed E-state index contributed by atoms with van der Waals surface area (Å²) in [5, 5.41) is 9.15. The molecule has 0 saturated carbocycles. The van der Waals surface area contributed by atoms with E-state index in [0.717, 1.165) is 0 Å². The number of carbonyl (C=O) groups excluding carboxylic acids is 1. The third-order valence-corrected chi connectivity index (χ3v) is 3.16. The zero-order valence-electron chi connectivity index (χ0n) is 9.91. The van der Waals surface area contributed by atoms with Crippen molar-refractivity contribution in [2.45, 2.75) is 6.61 Å². The minimum atomic E-state index is -2.94. The van der Waals surface area contributed by atoms with Crippen molar-refractivity contribution in [1.29, 1.82) is 5.26 Å². The summed E-state index contributed by atoms with van der Waals surface area (Å²) >= 11 is 3.10. The first-order chi connectivity index (χ1) is 9.42. The molecule has 0 fully saturated rings. The number of nitrogens with one attached hydrogen (secondary N) is 1. The fourth-order valence-electron chi connectivity index (χ4n) is 1.66. The lowest BCUT2D eigenvalue weighted by molar-refractivity contribution is -0.0502. The molecule has 1 N–H and O–H groups in total. The van der Waals surface area contributed by atoms with Gasteiger partial charge in [0.2, 0.25) is 5.78 Å². The number of allylic oxidation sites excluding steroid dienone is 1. The number of benzene rings is 1. The summed E-state index contributed by atoms with van der Waals surface area (Å²) in [5.41, 5.74) is 0.500. The van der Waals surface area contributed by atoms with Crippen molar-refractivity contribution in [2.75, 3.05) is 0 Å². The number of aromatic amines is 1. The van der Waals surface area contributed by atoms with Crippen molar-refractivity contribution >= 4 is 32.6 Å². The monoisotopic (exact) mass is 340 g/mol. The van der Waals surface area contributed by atoms with Gasteiger partial charge in [-0.2, -0.15) is 14.0 Å². The van der Waals surface area contributed by atoms with Crippen LogP contribution in [0.2, 0.25) is 0 Å². The van der Waals surface area contributed by atoms with E-state index >= 15 is 0 Å². The van der Waals surface area contributed by atoms with Crippen molar-refractivity contribution in [2.24, 2.45) is 0 Å². The number of hydrogen-bond donors (Lipinski definition) is 1. The first-order valence-electron chi connectivity index (χ1n) is 5.33. The lowest BCUT2D eigenvalue weighted by Crippen LogP contribution is -2.02. The molecule has 4 nitrogen and oxygen atoms in total. The first-order valence-corrected chi connectivity index (χ1v) is 6.12. The number of hydrogen-bond acceptors (Lipinski definition) is 3. The Morgan fingerprint density at radius 2 is 2.15 bits per heavy atom. The average Bonchev–Trinajstić information content (AvgIpc) is 2.79. The molecule has 0 saturated heterocycles. The summed E-state index contributed by atoms with van der Waals surface area (Å²) in [4.78, 5) is 14.6. The van der Waals surface area contributed by atoms with Crippen molar-refractivity contribution in [3.8, 4) is 11.8 Å². The SMILES string of the molecule is C=C(C#N)C(=O)c1cc2cc(OC(F)F)c(Br)cc2[nH]1. The maximum Gasteiger partial charge on any atom is 0.387 e. The number of Topliss-reactive ketones (excluding diaryl/α,β-unsaturated/α-hetero) is 1. The molecule has 0 bridgehead atoms. The number of halogens is 3. The average molecular weight is 341 g/mol. The topological polar surface area (TPSA) is 65.9 Å². The number of aromatic nitrogens is 1. The molecule has 0 aliphatic carbocycles. The molecule has 7 heteroatoms. The Bertz CT molecular complexity index is 747. The Hall–Kier alpha value is -2.20. The van der Waals surface area contributed by atoms with Gasteiger partial charge < -0.3 is 9.72 Å². The highest BCUT2D eigenvalue weighted by Gasteiger charge is 2.15. The molecule has 0 aliphatic heterocycles. The van der Waals surface area contributed by atoms with Gasteiger partial charge in [0.05, 0.1) is 15.7 Å². The molecule has 0 amide bonds. The molecule has 0 atom stereocenters. The van der Waals surface area contributed by atoms with Gasteiger partial charge in [-0.1, -0.05) is 6.58 Å². The zero-order chi connectivity index (χ0) is 14.9. The quantitative estimate of drug-likeness (QED) is 0.523. The van der Waals surface area contributed by atoms with Crippen LogP contribution in [0.5, 0.6) is 5.75 Å². The van der Waals surface area contributed by atoms with E-state index in [1.807, 2.05) is 0 Å². The molecule has 0 aliphatic rings. The van der Waals surface area contributed by atoms with E-state index < -0.39 is 12.4 Å². The number of H-pyrrole nitrogens is 1. The molecular formula is C13H7BrF2N2O2. The van der Waals surface area contributed by atoms with Crippen LogP contribution in [0.3, 0.4) is 0 Å². The normalized spacial score (nSPS) is 10.6. The number of alkyl halides is 2. The lowest BCUT2D eigenvalue weighted by Gasteiger charge is -2.06. The Balaban J connectivity index is 2.47. The van der Waals surface area contributed by atoms with Crippen molar-refractivity contribution in [1.82, 2.24) is 4.98 Å². The number of nitriles is 1. The van der Waals surface area contributed by atoms with E-state index in [0.29, 0.717) is 15.4 Å². The largest absolute Gasteiger partial charge is 0.434 e. The number of ketones is 1. The molecule has 2 aromatic rings. The smallest absolute Gasteiger partial charge is 0.387 e. The predicted molar refractivity (Wildman–Crippen MR) is 71.7 cm³/mol. The van der Waals surface area contributed by atoms with Crippen molar-refractivity contribution in [3.05, 3.63) is 40.5 Å². The van der Waals surface area contributed by atoms with E-state index in [-0.39, 0.29) is 17.0 Å². The summed E-state index contributed by atoms with van der Waals surface area (Å²) in [6, 6.07) is 5.99. The van der Waals surface area contributed by atoms with Gasteiger partial charge in [-0.15, -0.1) is 0 Å². The highest BCUT2D eigenvalue weighted by Crippen LogP contribution is 2.32. The molecule has 102 valence electrons. The molecule has 2 rings (SSSR count). The van der Waals surface area contributed by atoms with Crippen LogP contribution in [0.1, 0.15) is 10.5 Å². The number of nitrogens with zero attached hydrogens (tertiary/aromatic N) is 1. The van der Waals surface area contributed by atoms with Crippen LogP contribution < -0.4 is 4.74 Å². The van der Waals surface area contributed by atoms with Crippen LogP contribution in [0.15, 0.2) is 34.8 Å². The molecule has 1 aromatic heterocycles. The second-order valence-corrected chi connectivity index (χ2v) is 4.71. The fraction of sp³-hybridized carbons (Fsp3) is 0.0769. The molecule has 1 aromatic carbocycles. The van der Waals surface area contributed by atoms with Gasteiger partial charge in [0.25, 0.3) is 0 Å². The number of ether oxygens (including phenoxy) is 1. The summed E-state index contributed by atoms with van der Waals surface area (Å²) in [5.74, 6) is -0.583. The van der Waals surface area contributed by atoms with Gasteiger partial charge in [-0.3, -0.25) is 4.79 Å². The van der Waals surface area contributed by atoms with E-state index in [1.54, 1.807) is 6.07 Å². The minimum Gasteiger partial charge on any atom is -0.434 e. The van der Waals surface area contributed by atoms with Gasteiger partial charge in [0.1, 0.15) is 11.8 Å². The highest BCUT2D eigenvalue weighted by molar-refractivity contribution is 9.10. The number of carbonyl (C=O) groups is 1. The summed E-state index contributed by atoms with van der Waals surface area (Å²) in [7, 11) is 0. The van der Waals surface area contributed by atoms with Crippen LogP contribution in [0.25, 0.3) is 10.9 Å². The Morgan fingerprint density at radius 1 is 1.45 bits per heavy atom. The number of rotatable bonds is 4. The van der Waals surface area contributed by atoms with E-state index in [4.69, 9.17) is 5.26 Å². The van der Waals surface area contributed by atoms with Gasteiger partial charge in [0.15, 0.2) is 0 Å². The lowest BCUT2D eigenvalue weighted by atomic mass is 10.1. The van der Waals surface area contributed by atoms with Gasteiger partial charge >= 0.3 is 6.61 Å². The van der Waals surface area contributed by atoms with Crippen molar-refractivity contribution in [3.63, 3.8) is 0 Å². The van der Waals surface area contributed by atoms with Gasteiger partial charge in [-0.05, 0) is 34.1 Å². The summed E-state index contributed by atoms with van der Waals surface area (Å²) < 4.78 is 29.1. The van der Waals surface area contributed by atoms with Crippen LogP contribution in [-0.2, 0) is 0 Å². The third-order valence-electron chi connectivity index (χ3n) is 2.54. The van der Waals surface area contributed by atoms with Crippen molar-refractivity contribution < 1.29 is 18.3 Å². The molecular weight excluding hydrogens is 334 g/mol. The van der Waals surface area contributed by atoms with E-state index in [1.165, 1.54) is 18.2 Å². The fourth-order valence-corrected chi connectivity index (χ4v) is 2.09. The molecule has 0 spiro atoms. The summed E-state index contributed by atoms with van der Waals surface area (Å²) in [6.07, 6.45) is 0. The standard InChI is InChI=1S/C13H7BrF2N2O2/c1-6(5-17)12(19)10-2-7-3-11(20-13(15)16)8(14)4-9(7)18-10/h2-4,13,18H,1H2. The molecule has 0 unspecified atom stereocenters. The maximum absolute atomic E-state index is 12.2. The highest BCUT2D eigenvalue weighted by atomic mass is 79.9. The maximum atomic E-state index is 12.2. The van der Waals surface area contributed by atoms with E-state index in [9.17, 15) is 13.6 Å². The van der Waals surface area contributed by atoms with Crippen LogP contribution >= 0.6 is 15.9 Å². The van der Waals surface area contributed by atoms with E-state index in [2.05, 4.69) is 32.2 Å². The molecule has 20 heavy (non-hydrogen) atoms. The third kappa shape index (κ3) is 2.70. The molecule has 1 heterocycles. The van der Waals surface area contributed by atoms with Gasteiger partial charge in [-0.25, -0.2) is 0 Å². The Labute approximate surface area is 120 Å². The number of fused-ring (bicyclic) bond motifs is 1.